The average molecular weight is 336 g/mol. The maximum Gasteiger partial charge on any atom is 0.111 e. The van der Waals surface area contributed by atoms with E-state index in [-0.39, 0.29) is 11.8 Å². The van der Waals surface area contributed by atoms with Crippen molar-refractivity contribution >= 4 is 0 Å². The maximum atomic E-state index is 10.5. The van der Waals surface area contributed by atoms with Crippen molar-refractivity contribution in [1.29, 1.82) is 10.5 Å². The van der Waals surface area contributed by atoms with Crippen LogP contribution in [0.5, 0.6) is 0 Å². The minimum absolute atomic E-state index is 0.0539. The number of benzene rings is 1. The van der Waals surface area contributed by atoms with Crippen molar-refractivity contribution in [1.82, 2.24) is 0 Å². The fraction of sp³-hybridized carbons (Fsp3) is 0.333. The Labute approximate surface area is 154 Å². The van der Waals surface area contributed by atoms with Crippen LogP contribution >= 0.6 is 0 Å². The first-order valence-corrected chi connectivity index (χ1v) is 9.24. The number of fused-ring (bicyclic) bond motifs is 3. The number of nitriles is 2. The largest absolute Gasteiger partial charge is 0.197 e. The third-order valence-electron chi connectivity index (χ3n) is 7.49. The Bertz CT molecular complexity index is 1010. The van der Waals surface area contributed by atoms with E-state index >= 15 is 0 Å². The van der Waals surface area contributed by atoms with E-state index in [1.54, 1.807) is 0 Å². The first-order valence-electron chi connectivity index (χ1n) is 9.24. The van der Waals surface area contributed by atoms with Crippen molar-refractivity contribution < 1.29 is 0 Å². The van der Waals surface area contributed by atoms with Crippen molar-refractivity contribution in [3.63, 3.8) is 0 Å². The van der Waals surface area contributed by atoms with Gasteiger partial charge >= 0.3 is 0 Å². The van der Waals surface area contributed by atoms with Gasteiger partial charge < -0.3 is 0 Å². The molecule has 126 valence electrons. The average Bonchev–Trinajstić information content (AvgIpc) is 3.02. The lowest BCUT2D eigenvalue weighted by Gasteiger charge is -2.66. The summed E-state index contributed by atoms with van der Waals surface area (Å²) in [7, 11) is 0. The highest BCUT2D eigenvalue weighted by atomic mass is 14.8. The van der Waals surface area contributed by atoms with Crippen LogP contribution in [0.25, 0.3) is 0 Å². The molecule has 0 aliphatic heterocycles. The molecular weight excluding hydrogens is 316 g/mol. The first kappa shape index (κ1) is 15.4. The highest BCUT2D eigenvalue weighted by molar-refractivity contribution is 5.71. The fourth-order valence-electron chi connectivity index (χ4n) is 6.56. The van der Waals surface area contributed by atoms with Gasteiger partial charge in [-0.3, -0.25) is 0 Å². The molecule has 5 atom stereocenters. The second-order valence-corrected chi connectivity index (χ2v) is 8.03. The van der Waals surface area contributed by atoms with Gasteiger partial charge in [-0.1, -0.05) is 54.1 Å². The third-order valence-corrected chi connectivity index (χ3v) is 7.49. The fourth-order valence-corrected chi connectivity index (χ4v) is 6.56. The monoisotopic (exact) mass is 336 g/mol. The Hall–Kier alpha value is -2.84. The molecule has 4 unspecified atom stereocenters. The summed E-state index contributed by atoms with van der Waals surface area (Å²) in [6, 6.07) is 13.5. The Morgan fingerprint density at radius 1 is 1.04 bits per heavy atom. The smallest absolute Gasteiger partial charge is 0.111 e. The van der Waals surface area contributed by atoms with Gasteiger partial charge in [-0.2, -0.15) is 10.5 Å². The Balaban J connectivity index is 1.98. The van der Waals surface area contributed by atoms with Crippen molar-refractivity contribution in [3.05, 3.63) is 84.0 Å². The molecule has 5 rings (SSSR count). The number of nitrogens with zero attached hydrogens (tertiary/aromatic N) is 2. The molecule has 1 aromatic rings. The third kappa shape index (κ3) is 1.24. The molecule has 0 amide bonds. The van der Waals surface area contributed by atoms with Crippen molar-refractivity contribution in [2.45, 2.75) is 30.1 Å². The van der Waals surface area contributed by atoms with Crippen LogP contribution in [0.3, 0.4) is 0 Å². The van der Waals surface area contributed by atoms with E-state index in [0.717, 1.165) is 30.4 Å². The van der Waals surface area contributed by atoms with Crippen LogP contribution in [0.2, 0.25) is 0 Å². The van der Waals surface area contributed by atoms with Gasteiger partial charge in [0.05, 0.1) is 17.6 Å². The van der Waals surface area contributed by atoms with Gasteiger partial charge in [-0.25, -0.2) is 0 Å². The highest BCUT2D eigenvalue weighted by Crippen LogP contribution is 2.77. The van der Waals surface area contributed by atoms with Crippen LogP contribution in [0.4, 0.5) is 0 Å². The predicted molar refractivity (Wildman–Crippen MR) is 101 cm³/mol. The highest BCUT2D eigenvalue weighted by Gasteiger charge is 2.75. The summed E-state index contributed by atoms with van der Waals surface area (Å²) in [5.74, 6) is 0.242. The topological polar surface area (TPSA) is 47.6 Å². The molecule has 4 aliphatic rings. The molecule has 1 saturated carbocycles. The molecule has 1 spiro atoms. The lowest BCUT2D eigenvalue weighted by atomic mass is 9.33. The Morgan fingerprint density at radius 3 is 2.42 bits per heavy atom. The quantitative estimate of drug-likeness (QED) is 0.723. The number of rotatable bonds is 2. The summed E-state index contributed by atoms with van der Waals surface area (Å²) in [5, 5.41) is 20.9. The molecule has 1 fully saturated rings. The second kappa shape index (κ2) is 4.66. The van der Waals surface area contributed by atoms with Gasteiger partial charge in [-0.15, -0.1) is 13.2 Å². The van der Waals surface area contributed by atoms with Crippen molar-refractivity contribution in [3.8, 4) is 12.1 Å². The van der Waals surface area contributed by atoms with E-state index in [1.807, 2.05) is 24.3 Å². The molecule has 1 aromatic carbocycles. The Morgan fingerprint density at radius 2 is 1.77 bits per heavy atom. The maximum absolute atomic E-state index is 10.5. The van der Waals surface area contributed by atoms with Gasteiger partial charge in [0.2, 0.25) is 0 Å². The number of allylic oxidation sites excluding steroid dienone is 6. The van der Waals surface area contributed by atoms with E-state index in [4.69, 9.17) is 0 Å². The summed E-state index contributed by atoms with van der Waals surface area (Å²) in [5.41, 5.74) is 2.84. The molecule has 0 heterocycles. The van der Waals surface area contributed by atoms with Crippen LogP contribution in [-0.4, -0.2) is 0 Å². The van der Waals surface area contributed by atoms with Gasteiger partial charge in [-0.05, 0) is 41.9 Å². The van der Waals surface area contributed by atoms with Gasteiger partial charge in [0.1, 0.15) is 5.41 Å². The minimum Gasteiger partial charge on any atom is -0.197 e. The molecule has 26 heavy (non-hydrogen) atoms. The molecular formula is C24H20N2. The summed E-state index contributed by atoms with van der Waals surface area (Å²) >= 11 is 0. The van der Waals surface area contributed by atoms with E-state index in [0.29, 0.717) is 0 Å². The zero-order valence-electron chi connectivity index (χ0n) is 14.7. The van der Waals surface area contributed by atoms with E-state index < -0.39 is 16.2 Å². The van der Waals surface area contributed by atoms with E-state index in [2.05, 4.69) is 49.6 Å². The van der Waals surface area contributed by atoms with Crippen molar-refractivity contribution in [2.75, 3.05) is 0 Å². The van der Waals surface area contributed by atoms with E-state index in [9.17, 15) is 10.5 Å². The molecule has 0 saturated heterocycles. The van der Waals surface area contributed by atoms with Gasteiger partial charge in [0.25, 0.3) is 0 Å². The first-order chi connectivity index (χ1) is 12.7. The summed E-state index contributed by atoms with van der Waals surface area (Å²) in [6.07, 6.45) is 10.9. The summed E-state index contributed by atoms with van der Waals surface area (Å²) in [6.45, 7) is 8.14. The van der Waals surface area contributed by atoms with Crippen molar-refractivity contribution in [2.24, 2.45) is 17.3 Å². The van der Waals surface area contributed by atoms with Gasteiger partial charge in [0, 0.05) is 11.3 Å². The van der Waals surface area contributed by atoms with Crippen LogP contribution in [0.1, 0.15) is 30.4 Å². The van der Waals surface area contributed by atoms with Crippen LogP contribution in [0.15, 0.2) is 72.9 Å². The number of hydrogen-bond donors (Lipinski definition) is 0. The van der Waals surface area contributed by atoms with Crippen LogP contribution in [0, 0.1) is 39.9 Å². The molecule has 0 bridgehead atoms. The van der Waals surface area contributed by atoms with Crippen LogP contribution in [-0.2, 0) is 10.8 Å². The minimum atomic E-state index is -0.708. The SMILES string of the molecule is C=CC1CC2(C#N)c3ccccc3[C@@]3(C#N)C4=C(CC=CC412)CC3C=C. The lowest BCUT2D eigenvalue weighted by Crippen LogP contribution is -2.66. The van der Waals surface area contributed by atoms with Gasteiger partial charge in [0.15, 0.2) is 0 Å². The molecule has 4 aliphatic carbocycles. The normalized spacial score (nSPS) is 41.0. The second-order valence-electron chi connectivity index (χ2n) is 8.03. The van der Waals surface area contributed by atoms with Crippen LogP contribution < -0.4 is 0 Å². The zero-order valence-corrected chi connectivity index (χ0v) is 14.7. The zero-order chi connectivity index (χ0) is 18.2. The van der Waals surface area contributed by atoms with E-state index in [1.165, 1.54) is 11.1 Å². The molecule has 0 radical (unpaired) electrons. The molecule has 0 aromatic heterocycles. The summed E-state index contributed by atoms with van der Waals surface area (Å²) in [4.78, 5) is 0. The standard InChI is InChI=1S/C24H20N2/c1-3-17-12-16-8-7-11-24-18(4-2)13-22(24,14-25)19-9-5-6-10-20(19)23(17,15-26)21(16)24/h3-7,9-11,17-18H,1-2,8,12-13H2/t17?,18?,22?,23-,24?/m0/s1. The molecule has 2 nitrogen and oxygen atoms in total. The number of hydrogen-bond acceptors (Lipinski definition) is 2. The molecule has 0 N–H and O–H groups in total. The summed E-state index contributed by atoms with van der Waals surface area (Å²) < 4.78 is 0. The molecule has 2 heteroatoms. The Kier molecular flexibility index (Phi) is 2.76. The predicted octanol–water partition coefficient (Wildman–Crippen LogP) is 4.88. The lowest BCUT2D eigenvalue weighted by molar-refractivity contribution is 0.0388.